The van der Waals surface area contributed by atoms with E-state index in [4.69, 9.17) is 9.47 Å². The Hall–Kier alpha value is -2.67. The van der Waals surface area contributed by atoms with Crippen LogP contribution >= 0.6 is 15.9 Å². The Balaban J connectivity index is 1.28. The van der Waals surface area contributed by atoms with Gasteiger partial charge in [-0.05, 0) is 66.8 Å². The Bertz CT molecular complexity index is 1180. The first-order valence-electron chi connectivity index (χ1n) is 11.7. The molecule has 3 aromatic rings. The molecule has 2 aliphatic heterocycles. The van der Waals surface area contributed by atoms with E-state index in [0.717, 1.165) is 78.0 Å². The molecule has 176 valence electrons. The molecule has 0 aliphatic carbocycles. The van der Waals surface area contributed by atoms with E-state index in [0.29, 0.717) is 5.88 Å². The van der Waals surface area contributed by atoms with E-state index in [2.05, 4.69) is 38.0 Å². The Morgan fingerprint density at radius 3 is 2.68 bits per heavy atom. The predicted molar refractivity (Wildman–Crippen MR) is 137 cm³/mol. The van der Waals surface area contributed by atoms with Gasteiger partial charge in [-0.2, -0.15) is 0 Å². The second-order valence-electron chi connectivity index (χ2n) is 8.97. The molecule has 0 unspecified atom stereocenters. The third-order valence-corrected chi connectivity index (χ3v) is 7.43. The van der Waals surface area contributed by atoms with Gasteiger partial charge in [-0.25, -0.2) is 4.98 Å². The van der Waals surface area contributed by atoms with Crippen LogP contribution in [0.4, 0.5) is 0 Å². The number of hydrogen-bond acceptors (Lipinski definition) is 5. The lowest BCUT2D eigenvalue weighted by Gasteiger charge is -2.38. The van der Waals surface area contributed by atoms with Crippen molar-refractivity contribution in [1.82, 2.24) is 9.88 Å². The number of hydrogen-bond donors (Lipinski definition) is 1. The van der Waals surface area contributed by atoms with Gasteiger partial charge in [0.1, 0.15) is 11.5 Å². The lowest BCUT2D eigenvalue weighted by atomic mass is 9.84. The summed E-state index contributed by atoms with van der Waals surface area (Å²) in [5.41, 5.74) is 3.55. The number of ether oxygens (including phenoxy) is 2. The molecule has 3 heterocycles. The molecule has 0 amide bonds. The fraction of sp³-hybridized carbons (Fsp3) is 0.321. The third kappa shape index (κ3) is 4.76. The number of pyridine rings is 1. The van der Waals surface area contributed by atoms with Gasteiger partial charge in [0.2, 0.25) is 5.88 Å². The highest BCUT2D eigenvalue weighted by Crippen LogP contribution is 2.41. The number of fused-ring (bicyclic) bond motifs is 2. The molecule has 1 saturated heterocycles. The molecule has 0 radical (unpaired) electrons. The minimum atomic E-state index is -0.737. The molecule has 0 bridgehead atoms. The summed E-state index contributed by atoms with van der Waals surface area (Å²) in [5, 5.41) is 11.2. The third-order valence-electron chi connectivity index (χ3n) is 6.90. The Morgan fingerprint density at radius 1 is 1.12 bits per heavy atom. The Kier molecular flexibility index (Phi) is 6.73. The largest absolute Gasteiger partial charge is 0.496 e. The smallest absolute Gasteiger partial charge is 0.226 e. The number of nitrogens with zero attached hydrogens (tertiary/aromatic N) is 2. The van der Waals surface area contributed by atoms with Gasteiger partial charge >= 0.3 is 0 Å². The van der Waals surface area contributed by atoms with Crippen molar-refractivity contribution in [2.24, 2.45) is 0 Å². The molecule has 1 N–H and O–H groups in total. The summed E-state index contributed by atoms with van der Waals surface area (Å²) < 4.78 is 12.8. The molecule has 5 nitrogen and oxygen atoms in total. The van der Waals surface area contributed by atoms with E-state index in [1.165, 1.54) is 5.57 Å². The monoisotopic (exact) mass is 520 g/mol. The quantitative estimate of drug-likeness (QED) is 0.449. The van der Waals surface area contributed by atoms with Gasteiger partial charge in [0, 0.05) is 47.9 Å². The van der Waals surface area contributed by atoms with Crippen LogP contribution in [0.1, 0.15) is 36.0 Å². The first-order valence-corrected chi connectivity index (χ1v) is 12.5. The lowest BCUT2D eigenvalue weighted by Crippen LogP contribution is -2.42. The zero-order chi connectivity index (χ0) is 23.5. The molecule has 34 heavy (non-hydrogen) atoms. The summed E-state index contributed by atoms with van der Waals surface area (Å²) in [6.45, 7) is 2.72. The molecule has 1 aromatic heterocycles. The summed E-state index contributed by atoms with van der Waals surface area (Å²) >= 11 is 3.48. The van der Waals surface area contributed by atoms with Gasteiger partial charge in [0.15, 0.2) is 0 Å². The lowest BCUT2D eigenvalue weighted by molar-refractivity contribution is -0.0254. The van der Waals surface area contributed by atoms with Crippen LogP contribution in [0, 0.1) is 0 Å². The number of methoxy groups -OCH3 is 1. The summed E-state index contributed by atoms with van der Waals surface area (Å²) in [7, 11) is 1.70. The molecule has 0 saturated carbocycles. The molecule has 0 atom stereocenters. The van der Waals surface area contributed by atoms with Crippen LogP contribution in [0.2, 0.25) is 0 Å². The average Bonchev–Trinajstić information content (AvgIpc) is 3.02. The standard InChI is InChI=1S/C28H29BrN2O3/c1-33-25-7-2-8-26-24(25)19-20(23-6-3-15-30-27(23)34-26)5-4-16-31-17-13-28(32,14-18-31)21-9-11-22(29)12-10-21/h2-3,5-12,15,32H,4,13-14,16-19H2,1H3/b20-5-. The minimum absolute atomic E-state index is 0.637. The summed E-state index contributed by atoms with van der Waals surface area (Å²) in [5.74, 6) is 2.27. The van der Waals surface area contributed by atoms with Crippen LogP contribution in [-0.2, 0) is 12.0 Å². The van der Waals surface area contributed by atoms with Crippen molar-refractivity contribution in [2.45, 2.75) is 31.3 Å². The number of rotatable bonds is 5. The van der Waals surface area contributed by atoms with Crippen LogP contribution in [0.25, 0.3) is 5.57 Å². The number of halogens is 1. The Labute approximate surface area is 209 Å². The summed E-state index contributed by atoms with van der Waals surface area (Å²) in [6.07, 6.45) is 7.22. The van der Waals surface area contributed by atoms with E-state index >= 15 is 0 Å². The SMILES string of the molecule is COc1cccc2c1C/C(=C/CCN1CCC(O)(c3ccc(Br)cc3)CC1)c1cccnc1O2. The molecule has 0 spiro atoms. The van der Waals surface area contributed by atoms with E-state index in [1.807, 2.05) is 48.5 Å². The molecule has 2 aliphatic rings. The van der Waals surface area contributed by atoms with Gasteiger partial charge < -0.3 is 19.5 Å². The van der Waals surface area contributed by atoms with Crippen molar-refractivity contribution >= 4 is 21.5 Å². The first kappa shape index (κ1) is 23.1. The maximum atomic E-state index is 11.2. The van der Waals surface area contributed by atoms with Gasteiger partial charge in [0.05, 0.1) is 12.7 Å². The topological polar surface area (TPSA) is 54.8 Å². The normalized spacial score (nSPS) is 18.5. The van der Waals surface area contributed by atoms with Gasteiger partial charge in [-0.3, -0.25) is 0 Å². The predicted octanol–water partition coefficient (Wildman–Crippen LogP) is 5.96. The number of likely N-dealkylation sites (tertiary alicyclic amines) is 1. The van der Waals surface area contributed by atoms with E-state index in [-0.39, 0.29) is 0 Å². The van der Waals surface area contributed by atoms with E-state index in [9.17, 15) is 5.11 Å². The van der Waals surface area contributed by atoms with Crippen molar-refractivity contribution in [2.75, 3.05) is 26.7 Å². The summed E-state index contributed by atoms with van der Waals surface area (Å²) in [6, 6.07) is 18.0. The second-order valence-corrected chi connectivity index (χ2v) is 9.89. The first-order chi connectivity index (χ1) is 16.6. The van der Waals surface area contributed by atoms with Crippen molar-refractivity contribution in [3.05, 3.63) is 88.0 Å². The number of aromatic nitrogens is 1. The molecule has 5 rings (SSSR count). The van der Waals surface area contributed by atoms with E-state index in [1.54, 1.807) is 13.3 Å². The second kappa shape index (κ2) is 9.90. The molecular formula is C28H29BrN2O3. The number of aliphatic hydroxyl groups is 1. The van der Waals surface area contributed by atoms with Crippen LogP contribution < -0.4 is 9.47 Å². The van der Waals surface area contributed by atoms with E-state index < -0.39 is 5.60 Å². The highest BCUT2D eigenvalue weighted by atomic mass is 79.9. The zero-order valence-electron chi connectivity index (χ0n) is 19.3. The van der Waals surface area contributed by atoms with Crippen molar-refractivity contribution in [1.29, 1.82) is 0 Å². The number of allylic oxidation sites excluding steroid dienone is 1. The van der Waals surface area contributed by atoms with Gasteiger partial charge in [-0.15, -0.1) is 0 Å². The van der Waals surface area contributed by atoms with Gasteiger partial charge in [-0.1, -0.05) is 40.2 Å². The average molecular weight is 521 g/mol. The van der Waals surface area contributed by atoms with Crippen LogP contribution in [0.15, 0.2) is 71.3 Å². The molecular weight excluding hydrogens is 492 g/mol. The van der Waals surface area contributed by atoms with Crippen molar-refractivity contribution in [3.63, 3.8) is 0 Å². The van der Waals surface area contributed by atoms with Crippen LogP contribution in [0.5, 0.6) is 17.4 Å². The number of piperidine rings is 1. The van der Waals surface area contributed by atoms with Gasteiger partial charge in [0.25, 0.3) is 0 Å². The van der Waals surface area contributed by atoms with Crippen molar-refractivity contribution in [3.8, 4) is 17.4 Å². The molecule has 2 aromatic carbocycles. The Morgan fingerprint density at radius 2 is 1.91 bits per heavy atom. The molecule has 1 fully saturated rings. The van der Waals surface area contributed by atoms with Crippen LogP contribution in [0.3, 0.4) is 0 Å². The highest BCUT2D eigenvalue weighted by molar-refractivity contribution is 9.10. The zero-order valence-corrected chi connectivity index (χ0v) is 20.9. The van der Waals surface area contributed by atoms with Crippen molar-refractivity contribution < 1.29 is 14.6 Å². The molecule has 6 heteroatoms. The fourth-order valence-corrected chi connectivity index (χ4v) is 5.18. The highest BCUT2D eigenvalue weighted by Gasteiger charge is 2.33. The maximum Gasteiger partial charge on any atom is 0.226 e. The van der Waals surface area contributed by atoms with Crippen LogP contribution in [-0.4, -0.2) is 41.7 Å². The maximum absolute atomic E-state index is 11.2. The summed E-state index contributed by atoms with van der Waals surface area (Å²) in [4.78, 5) is 6.93. The number of benzene rings is 2. The fourth-order valence-electron chi connectivity index (χ4n) is 4.91. The minimum Gasteiger partial charge on any atom is -0.496 e.